The summed E-state index contributed by atoms with van der Waals surface area (Å²) < 4.78 is 79.4. The number of amides is 1. The number of alkyl halides is 3. The molecule has 0 unspecified atom stereocenters. The number of benzene rings is 3. The quantitative estimate of drug-likeness (QED) is 0.0977. The number of alkyl carbamates (subject to hydrolysis) is 1. The van der Waals surface area contributed by atoms with Crippen LogP contribution in [-0.4, -0.2) is 67.2 Å². The number of carbonyl (C=O) groups is 2. The summed E-state index contributed by atoms with van der Waals surface area (Å²) in [5, 5.41) is 13.8. The highest BCUT2D eigenvalue weighted by Crippen LogP contribution is 2.44. The van der Waals surface area contributed by atoms with E-state index in [0.29, 0.717) is 39.8 Å². The molecule has 54 heavy (non-hydrogen) atoms. The number of ketones is 1. The number of rotatable bonds is 15. The smallest absolute Gasteiger partial charge is 0.407 e. The first-order chi connectivity index (χ1) is 25.5. The SMILES string of the molecule is COC(=O)N[C@H](C(=O)C[C@H](c1ccc([C@@H](CO)N(CCC(C)(C)C)S(=O)(=O)c2cc3ccccc3[nH]2)s1)C(F)(F)F)C(c1ccccc1)c1ccccc1. The Morgan fingerprint density at radius 1 is 0.889 bits per heavy atom. The number of thiophene rings is 1. The average Bonchev–Trinajstić information content (AvgIpc) is 3.80. The third-order valence-electron chi connectivity index (χ3n) is 9.27. The van der Waals surface area contributed by atoms with Gasteiger partial charge in [-0.2, -0.15) is 17.5 Å². The molecule has 9 nitrogen and oxygen atoms in total. The zero-order chi connectivity index (χ0) is 39.3. The molecule has 0 saturated heterocycles. The van der Waals surface area contributed by atoms with Crippen LogP contribution in [0.1, 0.15) is 72.4 Å². The molecule has 3 atom stereocenters. The summed E-state index contributed by atoms with van der Waals surface area (Å²) in [6, 6.07) is 25.8. The van der Waals surface area contributed by atoms with Gasteiger partial charge in [-0.15, -0.1) is 11.3 Å². The first-order valence-corrected chi connectivity index (χ1v) is 19.6. The number of sulfonamides is 1. The van der Waals surface area contributed by atoms with Crippen LogP contribution < -0.4 is 5.32 Å². The molecule has 2 aromatic heterocycles. The minimum Gasteiger partial charge on any atom is -0.453 e. The molecular formula is C40H44F3N3O6S2. The topological polar surface area (TPSA) is 129 Å². The van der Waals surface area contributed by atoms with Gasteiger partial charge in [0.15, 0.2) is 5.78 Å². The molecule has 2 heterocycles. The highest BCUT2D eigenvalue weighted by atomic mass is 32.2. The predicted octanol–water partition coefficient (Wildman–Crippen LogP) is 8.55. The standard InChI is InChI=1S/C40H44F3N3O6S2/c1-39(2,3)21-22-46(54(50,51)35-23-28-17-11-12-18-30(28)44-35)31(25-47)34-20-19-33(53-34)29(40(41,42)43)24-32(48)37(45-38(49)52-4)36(26-13-7-5-8-14-26)27-15-9-6-10-16-27/h5-20,23,29,31,36-37,44,47H,21-22,24-25H2,1-4H3,(H,45,49)/t29-,31-,37-/m1/s1. The maximum Gasteiger partial charge on any atom is 0.407 e. The van der Waals surface area contributed by atoms with Gasteiger partial charge in [-0.05, 0) is 47.2 Å². The van der Waals surface area contributed by atoms with Crippen molar-refractivity contribution < 1.29 is 41.0 Å². The molecule has 0 spiro atoms. The summed E-state index contributed by atoms with van der Waals surface area (Å²) in [6.45, 7) is 5.07. The van der Waals surface area contributed by atoms with Gasteiger partial charge >= 0.3 is 12.3 Å². The van der Waals surface area contributed by atoms with Crippen molar-refractivity contribution in [2.45, 2.75) is 68.7 Å². The molecule has 5 aromatic rings. The van der Waals surface area contributed by atoms with Crippen molar-refractivity contribution in [3.63, 3.8) is 0 Å². The number of nitrogens with one attached hydrogen (secondary N) is 2. The molecule has 0 bridgehead atoms. The summed E-state index contributed by atoms with van der Waals surface area (Å²) in [5.74, 6) is -4.04. The van der Waals surface area contributed by atoms with Gasteiger partial charge in [0.1, 0.15) is 11.1 Å². The molecule has 5 rings (SSSR count). The third kappa shape index (κ3) is 9.59. The molecule has 14 heteroatoms. The number of methoxy groups -OCH3 is 1. The Labute approximate surface area is 317 Å². The zero-order valence-corrected chi connectivity index (χ0v) is 32.0. The van der Waals surface area contributed by atoms with Crippen LogP contribution in [0.4, 0.5) is 18.0 Å². The van der Waals surface area contributed by atoms with E-state index < -0.39 is 65.0 Å². The second-order valence-corrected chi connectivity index (χ2v) is 17.3. The van der Waals surface area contributed by atoms with Gasteiger partial charge in [0.05, 0.1) is 25.7 Å². The van der Waals surface area contributed by atoms with Gasteiger partial charge in [0.25, 0.3) is 10.0 Å². The van der Waals surface area contributed by atoms with Crippen LogP contribution in [0.5, 0.6) is 0 Å². The van der Waals surface area contributed by atoms with Gasteiger partial charge in [-0.3, -0.25) is 4.79 Å². The summed E-state index contributed by atoms with van der Waals surface area (Å²) in [6.07, 6.45) is -6.53. The number of hydrogen-bond donors (Lipinski definition) is 3. The largest absolute Gasteiger partial charge is 0.453 e. The van der Waals surface area contributed by atoms with Crippen LogP contribution in [0.25, 0.3) is 10.9 Å². The summed E-state index contributed by atoms with van der Waals surface area (Å²) in [4.78, 5) is 29.6. The van der Waals surface area contributed by atoms with E-state index in [1.807, 2.05) is 20.8 Å². The van der Waals surface area contributed by atoms with Gasteiger partial charge in [-0.1, -0.05) is 99.6 Å². The Morgan fingerprint density at radius 3 is 2.00 bits per heavy atom. The van der Waals surface area contributed by atoms with Gasteiger partial charge in [0.2, 0.25) is 0 Å². The lowest BCUT2D eigenvalue weighted by Gasteiger charge is -2.31. The number of Topliss-reactive ketones (excluding diaryl/α,β-unsaturated/α-hetero) is 1. The number of hydrogen-bond acceptors (Lipinski definition) is 7. The maximum absolute atomic E-state index is 15.0. The number of fused-ring (bicyclic) bond motifs is 1. The Bertz CT molecular complexity index is 2060. The molecule has 3 N–H and O–H groups in total. The van der Waals surface area contributed by atoms with Crippen molar-refractivity contribution in [1.29, 1.82) is 0 Å². The lowest BCUT2D eigenvalue weighted by Crippen LogP contribution is -2.46. The van der Waals surface area contributed by atoms with E-state index in [9.17, 15) is 23.1 Å². The number of halogens is 3. The Kier molecular flexibility index (Phi) is 12.7. The second kappa shape index (κ2) is 16.9. The van der Waals surface area contributed by atoms with Crippen LogP contribution in [0.3, 0.4) is 0 Å². The normalized spacial score (nSPS) is 14.3. The third-order valence-corrected chi connectivity index (χ3v) is 12.4. The number of ether oxygens (including phenoxy) is 1. The van der Waals surface area contributed by atoms with Crippen LogP contribution in [0, 0.1) is 5.41 Å². The maximum atomic E-state index is 15.0. The van der Waals surface area contributed by atoms with E-state index in [0.717, 1.165) is 11.4 Å². The number of nitrogens with zero attached hydrogens (tertiary/aromatic N) is 1. The van der Waals surface area contributed by atoms with E-state index in [1.165, 1.54) is 18.2 Å². The van der Waals surface area contributed by atoms with Crippen molar-refractivity contribution >= 4 is 44.1 Å². The number of para-hydroxylation sites is 1. The van der Waals surface area contributed by atoms with Crippen molar-refractivity contribution in [3.8, 4) is 0 Å². The van der Waals surface area contributed by atoms with Crippen LogP contribution in [-0.2, 0) is 19.6 Å². The lowest BCUT2D eigenvalue weighted by atomic mass is 9.81. The first kappa shape index (κ1) is 40.7. The summed E-state index contributed by atoms with van der Waals surface area (Å²) in [7, 11) is -3.19. The molecule has 0 aliphatic carbocycles. The fraction of sp³-hybridized carbons (Fsp3) is 0.350. The molecule has 3 aromatic carbocycles. The molecule has 0 saturated carbocycles. The zero-order valence-electron chi connectivity index (χ0n) is 30.3. The molecule has 0 fully saturated rings. The Balaban J connectivity index is 1.52. The molecule has 288 valence electrons. The van der Waals surface area contributed by atoms with E-state index in [4.69, 9.17) is 4.74 Å². The number of aromatic amines is 1. The van der Waals surface area contributed by atoms with Crippen LogP contribution >= 0.6 is 11.3 Å². The van der Waals surface area contributed by atoms with Crippen molar-refractivity contribution in [2.75, 3.05) is 20.3 Å². The van der Waals surface area contributed by atoms with Crippen molar-refractivity contribution in [3.05, 3.63) is 124 Å². The fourth-order valence-corrected chi connectivity index (χ4v) is 9.32. The van der Waals surface area contributed by atoms with Crippen molar-refractivity contribution in [2.24, 2.45) is 5.41 Å². The van der Waals surface area contributed by atoms with Crippen LogP contribution in [0.15, 0.2) is 108 Å². The molecular weight excluding hydrogens is 740 g/mol. The minimum absolute atomic E-state index is 0.0257. The Morgan fingerprint density at radius 2 is 1.46 bits per heavy atom. The number of H-pyrrole nitrogens is 1. The molecule has 1 amide bonds. The summed E-state index contributed by atoms with van der Waals surface area (Å²) in [5.41, 5.74) is 1.46. The summed E-state index contributed by atoms with van der Waals surface area (Å²) >= 11 is 0.691. The van der Waals surface area contributed by atoms with Crippen molar-refractivity contribution in [1.82, 2.24) is 14.6 Å². The van der Waals surface area contributed by atoms with E-state index in [2.05, 4.69) is 10.3 Å². The fourth-order valence-electron chi connectivity index (χ4n) is 6.40. The molecule has 0 radical (unpaired) electrons. The van der Waals surface area contributed by atoms with E-state index >= 15 is 13.2 Å². The highest BCUT2D eigenvalue weighted by Gasteiger charge is 2.46. The van der Waals surface area contributed by atoms with Gasteiger partial charge in [-0.25, -0.2) is 13.2 Å². The van der Waals surface area contributed by atoms with E-state index in [-0.39, 0.29) is 26.7 Å². The number of carbonyl (C=O) groups excluding carboxylic acids is 2. The molecule has 0 aliphatic rings. The molecule has 0 aliphatic heterocycles. The van der Waals surface area contributed by atoms with Gasteiger partial charge < -0.3 is 20.1 Å². The average molecular weight is 784 g/mol. The predicted molar refractivity (Wildman–Crippen MR) is 203 cm³/mol. The highest BCUT2D eigenvalue weighted by molar-refractivity contribution is 7.89. The van der Waals surface area contributed by atoms with Crippen LogP contribution in [0.2, 0.25) is 0 Å². The monoisotopic (exact) mass is 783 g/mol. The lowest BCUT2D eigenvalue weighted by molar-refractivity contribution is -0.156. The van der Waals surface area contributed by atoms with E-state index in [1.54, 1.807) is 84.9 Å². The number of aliphatic hydroxyl groups excluding tert-OH is 1. The Hall–Kier alpha value is -4.50. The number of aromatic nitrogens is 1. The van der Waals surface area contributed by atoms with Gasteiger partial charge in [0, 0.05) is 39.5 Å². The number of aliphatic hydroxyl groups is 1. The first-order valence-electron chi connectivity index (χ1n) is 17.4. The second-order valence-electron chi connectivity index (χ2n) is 14.3. The minimum atomic E-state index is -4.90.